The van der Waals surface area contributed by atoms with Crippen LogP contribution in [0.1, 0.15) is 31.1 Å². The van der Waals surface area contributed by atoms with Crippen molar-refractivity contribution in [2.75, 3.05) is 10.6 Å². The molecule has 5 nitrogen and oxygen atoms in total. The lowest BCUT2D eigenvalue weighted by molar-refractivity contribution is -0.123. The summed E-state index contributed by atoms with van der Waals surface area (Å²) in [7, 11) is 0. The van der Waals surface area contributed by atoms with Crippen molar-refractivity contribution in [1.29, 1.82) is 0 Å². The second-order valence-electron chi connectivity index (χ2n) is 5.98. The topological polar surface area (TPSA) is 71.1 Å². The summed E-state index contributed by atoms with van der Waals surface area (Å²) in [4.78, 5) is 28.1. The molecule has 22 heavy (non-hydrogen) atoms. The molecule has 0 unspecified atom stereocenters. The molecule has 0 aliphatic rings. The van der Waals surface area contributed by atoms with Gasteiger partial charge in [-0.3, -0.25) is 14.6 Å². The molecule has 0 spiro atoms. The highest BCUT2D eigenvalue weighted by Crippen LogP contribution is 2.18. The zero-order chi connectivity index (χ0) is 16.2. The van der Waals surface area contributed by atoms with Crippen molar-refractivity contribution in [2.45, 2.75) is 20.8 Å². The molecular formula is C17H19N3O2. The third-order valence-corrected chi connectivity index (χ3v) is 2.98. The van der Waals surface area contributed by atoms with Gasteiger partial charge >= 0.3 is 0 Å². The van der Waals surface area contributed by atoms with Crippen LogP contribution in [0, 0.1) is 5.41 Å². The molecule has 5 heteroatoms. The van der Waals surface area contributed by atoms with Gasteiger partial charge < -0.3 is 10.6 Å². The van der Waals surface area contributed by atoms with Gasteiger partial charge in [0.15, 0.2) is 0 Å². The molecule has 0 aliphatic carbocycles. The SMILES string of the molecule is CC(C)(C)C(=O)Nc1cccc(C(=O)Nc2cccnc2)c1. The van der Waals surface area contributed by atoms with Crippen LogP contribution in [0.4, 0.5) is 11.4 Å². The lowest BCUT2D eigenvalue weighted by Gasteiger charge is -2.18. The summed E-state index contributed by atoms with van der Waals surface area (Å²) in [5, 5.41) is 5.56. The van der Waals surface area contributed by atoms with Gasteiger partial charge in [-0.15, -0.1) is 0 Å². The van der Waals surface area contributed by atoms with E-state index in [1.54, 1.807) is 48.8 Å². The van der Waals surface area contributed by atoms with Crippen LogP contribution in [0.5, 0.6) is 0 Å². The molecule has 0 fully saturated rings. The third kappa shape index (κ3) is 4.15. The Morgan fingerprint density at radius 2 is 1.73 bits per heavy atom. The van der Waals surface area contributed by atoms with Gasteiger partial charge in [-0.25, -0.2) is 0 Å². The second-order valence-corrected chi connectivity index (χ2v) is 5.98. The number of carbonyl (C=O) groups is 2. The monoisotopic (exact) mass is 297 g/mol. The number of rotatable bonds is 3. The molecule has 0 aliphatic heterocycles. The highest BCUT2D eigenvalue weighted by Gasteiger charge is 2.21. The molecule has 2 rings (SSSR count). The van der Waals surface area contributed by atoms with Gasteiger partial charge in [0.2, 0.25) is 5.91 Å². The maximum Gasteiger partial charge on any atom is 0.255 e. The van der Waals surface area contributed by atoms with Gasteiger partial charge in [-0.2, -0.15) is 0 Å². The van der Waals surface area contributed by atoms with Gasteiger partial charge in [0, 0.05) is 22.9 Å². The molecule has 0 saturated heterocycles. The van der Waals surface area contributed by atoms with E-state index in [4.69, 9.17) is 0 Å². The van der Waals surface area contributed by atoms with Crippen molar-refractivity contribution in [2.24, 2.45) is 5.41 Å². The first-order valence-corrected chi connectivity index (χ1v) is 6.99. The smallest absolute Gasteiger partial charge is 0.255 e. The number of benzene rings is 1. The number of hydrogen-bond acceptors (Lipinski definition) is 3. The molecule has 114 valence electrons. The summed E-state index contributed by atoms with van der Waals surface area (Å²) in [5.74, 6) is -0.350. The first-order valence-electron chi connectivity index (χ1n) is 6.99. The summed E-state index contributed by atoms with van der Waals surface area (Å²) in [6, 6.07) is 10.3. The van der Waals surface area contributed by atoms with Gasteiger partial charge in [-0.05, 0) is 30.3 Å². The normalized spacial score (nSPS) is 10.9. The minimum Gasteiger partial charge on any atom is -0.326 e. The fourth-order valence-corrected chi connectivity index (χ4v) is 1.70. The zero-order valence-corrected chi connectivity index (χ0v) is 12.9. The Bertz CT molecular complexity index is 676. The Hall–Kier alpha value is -2.69. The minimum absolute atomic E-state index is 0.0997. The van der Waals surface area contributed by atoms with Crippen molar-refractivity contribution in [3.8, 4) is 0 Å². The fraction of sp³-hybridized carbons (Fsp3) is 0.235. The van der Waals surface area contributed by atoms with Gasteiger partial charge in [0.1, 0.15) is 0 Å². The largest absolute Gasteiger partial charge is 0.326 e. The minimum atomic E-state index is -0.492. The van der Waals surface area contributed by atoms with E-state index in [2.05, 4.69) is 15.6 Å². The first kappa shape index (κ1) is 15.7. The van der Waals surface area contributed by atoms with E-state index in [1.165, 1.54) is 0 Å². The highest BCUT2D eigenvalue weighted by molar-refractivity contribution is 6.05. The van der Waals surface area contributed by atoms with Crippen molar-refractivity contribution < 1.29 is 9.59 Å². The second kappa shape index (κ2) is 6.39. The third-order valence-electron chi connectivity index (χ3n) is 2.98. The van der Waals surface area contributed by atoms with Crippen LogP contribution in [-0.4, -0.2) is 16.8 Å². The lowest BCUT2D eigenvalue weighted by atomic mass is 9.95. The Kier molecular flexibility index (Phi) is 4.56. The standard InChI is InChI=1S/C17H19N3O2/c1-17(2,3)16(22)20-13-7-4-6-12(10-13)15(21)19-14-8-5-9-18-11-14/h4-11H,1-3H3,(H,19,21)(H,20,22). The summed E-state index contributed by atoms with van der Waals surface area (Å²) in [5.41, 5.74) is 1.19. The lowest BCUT2D eigenvalue weighted by Crippen LogP contribution is -2.27. The van der Waals surface area contributed by atoms with Crippen LogP contribution in [0.15, 0.2) is 48.8 Å². The quantitative estimate of drug-likeness (QED) is 0.913. The van der Waals surface area contributed by atoms with E-state index in [9.17, 15) is 9.59 Å². The van der Waals surface area contributed by atoms with Crippen LogP contribution >= 0.6 is 0 Å². The van der Waals surface area contributed by atoms with E-state index in [0.717, 1.165) is 0 Å². The summed E-state index contributed by atoms with van der Waals surface area (Å²) >= 11 is 0. The molecule has 1 aromatic heterocycles. The molecule has 0 saturated carbocycles. The molecule has 1 aromatic carbocycles. The Morgan fingerprint density at radius 3 is 2.36 bits per heavy atom. The van der Waals surface area contributed by atoms with E-state index in [1.807, 2.05) is 20.8 Å². The van der Waals surface area contributed by atoms with Gasteiger partial charge in [0.25, 0.3) is 5.91 Å². The van der Waals surface area contributed by atoms with E-state index < -0.39 is 5.41 Å². The van der Waals surface area contributed by atoms with Crippen LogP contribution in [0.25, 0.3) is 0 Å². The van der Waals surface area contributed by atoms with Crippen molar-refractivity contribution >= 4 is 23.2 Å². The Labute approximate surface area is 129 Å². The molecule has 2 amide bonds. The van der Waals surface area contributed by atoms with Crippen LogP contribution in [0.3, 0.4) is 0 Å². The molecule has 1 heterocycles. The van der Waals surface area contributed by atoms with Crippen molar-refractivity contribution in [3.05, 3.63) is 54.4 Å². The predicted molar refractivity (Wildman–Crippen MR) is 86.7 cm³/mol. The van der Waals surface area contributed by atoms with E-state index >= 15 is 0 Å². The average Bonchev–Trinajstić information content (AvgIpc) is 2.47. The fourth-order valence-electron chi connectivity index (χ4n) is 1.70. The number of nitrogens with zero attached hydrogens (tertiary/aromatic N) is 1. The first-order chi connectivity index (χ1) is 10.4. The molecule has 2 N–H and O–H groups in total. The number of hydrogen-bond donors (Lipinski definition) is 2. The average molecular weight is 297 g/mol. The zero-order valence-electron chi connectivity index (χ0n) is 12.9. The molecule has 2 aromatic rings. The maximum atomic E-state index is 12.2. The van der Waals surface area contributed by atoms with Crippen molar-refractivity contribution in [3.63, 3.8) is 0 Å². The van der Waals surface area contributed by atoms with E-state index in [0.29, 0.717) is 16.9 Å². The Morgan fingerprint density at radius 1 is 1.00 bits per heavy atom. The predicted octanol–water partition coefficient (Wildman–Crippen LogP) is 3.32. The van der Waals surface area contributed by atoms with E-state index in [-0.39, 0.29) is 11.8 Å². The highest BCUT2D eigenvalue weighted by atomic mass is 16.2. The molecule has 0 radical (unpaired) electrons. The summed E-state index contributed by atoms with van der Waals surface area (Å²) in [6.45, 7) is 5.50. The number of aromatic nitrogens is 1. The molecule has 0 atom stereocenters. The number of amides is 2. The van der Waals surface area contributed by atoms with Crippen molar-refractivity contribution in [1.82, 2.24) is 4.98 Å². The number of nitrogens with one attached hydrogen (secondary N) is 2. The Balaban J connectivity index is 2.11. The van der Waals surface area contributed by atoms with Gasteiger partial charge in [-0.1, -0.05) is 26.8 Å². The van der Waals surface area contributed by atoms with Crippen LogP contribution in [-0.2, 0) is 4.79 Å². The summed E-state index contributed by atoms with van der Waals surface area (Å²) in [6.07, 6.45) is 3.21. The maximum absolute atomic E-state index is 12.2. The van der Waals surface area contributed by atoms with Crippen LogP contribution in [0.2, 0.25) is 0 Å². The van der Waals surface area contributed by atoms with Gasteiger partial charge in [0.05, 0.1) is 11.9 Å². The number of anilines is 2. The van der Waals surface area contributed by atoms with Crippen LogP contribution < -0.4 is 10.6 Å². The number of pyridine rings is 1. The summed E-state index contributed by atoms with van der Waals surface area (Å²) < 4.78 is 0. The molecule has 0 bridgehead atoms. The number of carbonyl (C=O) groups excluding carboxylic acids is 2. The molecular weight excluding hydrogens is 278 g/mol.